The van der Waals surface area contributed by atoms with E-state index in [4.69, 9.17) is 35.4 Å². The monoisotopic (exact) mass is 574 g/mol. The van der Waals surface area contributed by atoms with Gasteiger partial charge in [-0.1, -0.05) is 33.8 Å². The molecule has 0 fully saturated rings. The zero-order valence-electron chi connectivity index (χ0n) is 35.7. The van der Waals surface area contributed by atoms with E-state index in [1.54, 1.807) is 12.1 Å². The molecule has 2 aromatic carbocycles. The summed E-state index contributed by atoms with van der Waals surface area (Å²) in [6, 6.07) is 8.90. The highest BCUT2D eigenvalue weighted by atomic mass is 16.5. The molecule has 0 radical (unpaired) electrons. The Morgan fingerprint density at radius 3 is 1.85 bits per heavy atom. The summed E-state index contributed by atoms with van der Waals surface area (Å²) in [5, 5.41) is 10.2. The summed E-state index contributed by atoms with van der Waals surface area (Å²) in [6.45, 7) is 7.93. The van der Waals surface area contributed by atoms with E-state index in [2.05, 4.69) is 9.47 Å². The lowest BCUT2D eigenvalue weighted by Gasteiger charge is -2.16. The lowest BCUT2D eigenvalue weighted by atomic mass is 9.99. The fourth-order valence-corrected chi connectivity index (χ4v) is 3.51. The number of Topliss-reactive ketones (excluding diaryl/α,β-unsaturated/α-hetero) is 1. The Balaban J connectivity index is 0.000000520. The average molecular weight is 575 g/mol. The van der Waals surface area contributed by atoms with Gasteiger partial charge in [0.2, 0.25) is 0 Å². The molecule has 0 saturated heterocycles. The molecule has 0 aliphatic rings. The smallest absolute Gasteiger partial charge is 0.163 e. The molecule has 0 saturated carbocycles. The molecule has 40 heavy (non-hydrogen) atoms. The number of aliphatic hydroxyl groups excluding tert-OH is 1. The van der Waals surface area contributed by atoms with Gasteiger partial charge in [-0.25, -0.2) is 0 Å². The maximum atomic E-state index is 12.2. The van der Waals surface area contributed by atoms with E-state index in [1.807, 2.05) is 27.7 Å². The molecule has 8 nitrogen and oxygen atoms in total. The minimum absolute atomic E-state index is 0.0113. The van der Waals surface area contributed by atoms with Crippen molar-refractivity contribution >= 4 is 5.78 Å². The Morgan fingerprint density at radius 2 is 1.32 bits per heavy atom. The van der Waals surface area contributed by atoms with Gasteiger partial charge in [-0.3, -0.25) is 4.79 Å². The first kappa shape index (κ1) is 20.1. The molecular weight excluding hydrogens is 512 g/mol. The van der Waals surface area contributed by atoms with E-state index >= 15 is 0 Å². The SMILES string of the molecule is [2H]C([2H])([2H])OCCCOc1cc(C(=O)CC(C)C)ccc1OC([2H])([2H])[2H].[2H]C([2H])([2H])OCCCOc1cc(C(O)CC(C)C)ccc1OC([2H])([2H])[2H]. The number of carbonyl (C=O) groups excluding carboxylic acids is 1. The van der Waals surface area contributed by atoms with Gasteiger partial charge < -0.3 is 33.5 Å². The maximum absolute atomic E-state index is 12.2. The van der Waals surface area contributed by atoms with Gasteiger partial charge in [-0.2, -0.15) is 0 Å². The van der Waals surface area contributed by atoms with Gasteiger partial charge in [0.25, 0.3) is 0 Å². The summed E-state index contributed by atoms with van der Waals surface area (Å²) in [4.78, 5) is 12.2. The van der Waals surface area contributed by atoms with Crippen molar-refractivity contribution in [2.45, 2.75) is 59.5 Å². The van der Waals surface area contributed by atoms with Crippen molar-refractivity contribution in [1.82, 2.24) is 0 Å². The van der Waals surface area contributed by atoms with Crippen LogP contribution in [0.25, 0.3) is 0 Å². The van der Waals surface area contributed by atoms with Gasteiger partial charge in [0.05, 0.1) is 49.8 Å². The highest BCUT2D eigenvalue weighted by Crippen LogP contribution is 2.32. The van der Waals surface area contributed by atoms with Gasteiger partial charge in [-0.15, -0.1) is 0 Å². The van der Waals surface area contributed by atoms with Crippen LogP contribution in [0.15, 0.2) is 36.4 Å². The summed E-state index contributed by atoms with van der Waals surface area (Å²) >= 11 is 0. The molecule has 2 rings (SSSR count). The van der Waals surface area contributed by atoms with Crippen molar-refractivity contribution in [3.05, 3.63) is 47.5 Å². The van der Waals surface area contributed by atoms with Crippen molar-refractivity contribution in [3.8, 4) is 23.0 Å². The van der Waals surface area contributed by atoms with Crippen LogP contribution < -0.4 is 18.9 Å². The molecule has 8 heteroatoms. The van der Waals surface area contributed by atoms with Crippen LogP contribution in [0, 0.1) is 11.8 Å². The minimum atomic E-state index is -2.66. The number of ketones is 1. The topological polar surface area (TPSA) is 92.7 Å². The van der Waals surface area contributed by atoms with Crippen LogP contribution in [0.5, 0.6) is 23.0 Å². The molecule has 0 bridgehead atoms. The van der Waals surface area contributed by atoms with E-state index in [-0.39, 0.29) is 73.5 Å². The Hall–Kier alpha value is -2.81. The number of ether oxygens (including phenoxy) is 6. The molecule has 0 spiro atoms. The zero-order valence-corrected chi connectivity index (χ0v) is 23.7. The number of rotatable bonds is 18. The lowest BCUT2D eigenvalue weighted by molar-refractivity contribution is 0.0967. The van der Waals surface area contributed by atoms with E-state index in [9.17, 15) is 9.90 Å². The standard InChI is InChI=1S/C16H26O4.C16H24O4/c2*1-12(2)10-14(17)13-6-7-15(19-4)16(11-13)20-9-5-8-18-3/h6-7,11-12,14,17H,5,8-10H2,1-4H3;6-7,11-12H,5,8-10H2,1-4H3/i2*3D3,4D3. The fourth-order valence-electron chi connectivity index (χ4n) is 3.51. The predicted octanol–water partition coefficient (Wildman–Crippen LogP) is 6.53. The van der Waals surface area contributed by atoms with Gasteiger partial charge in [0, 0.05) is 52.1 Å². The summed E-state index contributed by atoms with van der Waals surface area (Å²) in [5.74, 6) is 0.688. The van der Waals surface area contributed by atoms with Crippen molar-refractivity contribution in [3.63, 3.8) is 0 Å². The zero-order chi connectivity index (χ0) is 39.9. The fraction of sp³-hybridized carbons (Fsp3) is 0.594. The third-order valence-corrected chi connectivity index (χ3v) is 5.42. The van der Waals surface area contributed by atoms with Crippen LogP contribution in [-0.4, -0.2) is 65.5 Å². The molecule has 0 aliphatic carbocycles. The minimum Gasteiger partial charge on any atom is -0.493 e. The molecule has 1 atom stereocenters. The number of hydrogen-bond donors (Lipinski definition) is 1. The maximum Gasteiger partial charge on any atom is 0.163 e. The van der Waals surface area contributed by atoms with Crippen molar-refractivity contribution in [2.24, 2.45) is 11.8 Å². The molecule has 0 heterocycles. The first-order valence-corrected chi connectivity index (χ1v) is 13.2. The Kier molecular flexibility index (Phi) is 10.1. The number of benzene rings is 2. The Labute approximate surface area is 257 Å². The summed E-state index contributed by atoms with van der Waals surface area (Å²) < 4.78 is 115. The molecule has 0 aliphatic heterocycles. The number of methoxy groups -OCH3 is 4. The summed E-state index contributed by atoms with van der Waals surface area (Å²) in [5.41, 5.74) is 0.982. The van der Waals surface area contributed by atoms with Gasteiger partial charge in [-0.05, 0) is 54.2 Å². The van der Waals surface area contributed by atoms with Crippen LogP contribution in [-0.2, 0) is 9.47 Å². The van der Waals surface area contributed by atoms with Gasteiger partial charge in [0.15, 0.2) is 28.8 Å². The highest BCUT2D eigenvalue weighted by molar-refractivity contribution is 5.96. The molecule has 1 unspecified atom stereocenters. The molecule has 0 aromatic heterocycles. The number of aliphatic hydroxyl groups is 1. The third-order valence-electron chi connectivity index (χ3n) is 5.42. The van der Waals surface area contributed by atoms with Crippen LogP contribution in [0.1, 0.15) is 91.9 Å². The quantitative estimate of drug-likeness (QED) is 0.159. The summed E-state index contributed by atoms with van der Waals surface area (Å²) in [7, 11) is -10.2. The van der Waals surface area contributed by atoms with E-state index < -0.39 is 34.3 Å². The lowest BCUT2D eigenvalue weighted by Crippen LogP contribution is -2.06. The molecule has 1 N–H and O–H groups in total. The third kappa shape index (κ3) is 13.5. The first-order valence-electron chi connectivity index (χ1n) is 19.2. The van der Waals surface area contributed by atoms with Crippen LogP contribution >= 0.6 is 0 Å². The molecule has 2 aromatic rings. The Morgan fingerprint density at radius 1 is 0.750 bits per heavy atom. The molecule has 0 amide bonds. The van der Waals surface area contributed by atoms with E-state index in [0.717, 1.165) is 0 Å². The largest absolute Gasteiger partial charge is 0.493 e. The van der Waals surface area contributed by atoms with Crippen LogP contribution in [0.4, 0.5) is 0 Å². The second-order valence-electron chi connectivity index (χ2n) is 9.84. The van der Waals surface area contributed by atoms with Crippen LogP contribution in [0.2, 0.25) is 0 Å². The second-order valence-corrected chi connectivity index (χ2v) is 9.84. The highest BCUT2D eigenvalue weighted by Gasteiger charge is 2.14. The van der Waals surface area contributed by atoms with E-state index in [1.165, 1.54) is 24.3 Å². The second kappa shape index (κ2) is 20.1. The summed E-state index contributed by atoms with van der Waals surface area (Å²) in [6.07, 6.45) is 0.759. The van der Waals surface area contributed by atoms with Crippen molar-refractivity contribution < 1.29 is 54.8 Å². The predicted molar refractivity (Wildman–Crippen MR) is 158 cm³/mol. The Bertz CT molecular complexity index is 1360. The van der Waals surface area contributed by atoms with Gasteiger partial charge in [0.1, 0.15) is 0 Å². The first-order chi connectivity index (χ1) is 23.7. The number of carbonyl (C=O) groups is 1. The average Bonchev–Trinajstić information content (AvgIpc) is 2.95. The van der Waals surface area contributed by atoms with Crippen molar-refractivity contribution in [2.75, 3.05) is 54.6 Å². The van der Waals surface area contributed by atoms with Crippen LogP contribution in [0.3, 0.4) is 0 Å². The normalized spacial score (nSPS) is 17.3. The van der Waals surface area contributed by atoms with E-state index in [0.29, 0.717) is 30.4 Å². The van der Waals surface area contributed by atoms with Gasteiger partial charge >= 0.3 is 0 Å². The van der Waals surface area contributed by atoms with Crippen molar-refractivity contribution in [1.29, 1.82) is 0 Å². The molecular formula is C32H50O8. The number of hydrogen-bond acceptors (Lipinski definition) is 8. The molecule has 226 valence electrons.